The lowest BCUT2D eigenvalue weighted by Gasteiger charge is -2.18. The van der Waals surface area contributed by atoms with E-state index in [0.29, 0.717) is 0 Å². The summed E-state index contributed by atoms with van der Waals surface area (Å²) in [5.41, 5.74) is 2.59. The Hall–Kier alpha value is -0.160. The number of hydrogen-bond acceptors (Lipinski definition) is 2. The summed E-state index contributed by atoms with van der Waals surface area (Å²) >= 11 is 9.02. The summed E-state index contributed by atoms with van der Waals surface area (Å²) in [6, 6.07) is 9.06. The van der Waals surface area contributed by atoms with Crippen LogP contribution in [0.2, 0.25) is 0 Å². The number of rotatable bonds is 4. The molecule has 1 aromatic heterocycles. The third kappa shape index (κ3) is 3.48. The first-order valence-electron chi connectivity index (χ1n) is 6.28. The van der Waals surface area contributed by atoms with E-state index in [2.05, 4.69) is 82.2 Å². The van der Waals surface area contributed by atoms with Crippen molar-refractivity contribution in [2.75, 3.05) is 6.54 Å². The van der Waals surface area contributed by atoms with Crippen molar-refractivity contribution < 1.29 is 0 Å². The smallest absolute Gasteiger partial charge is 0.0671 e. The fourth-order valence-electron chi connectivity index (χ4n) is 2.06. The molecule has 1 atom stereocenters. The molecule has 0 amide bonds. The molecule has 1 heterocycles. The zero-order valence-electron chi connectivity index (χ0n) is 11.3. The molecule has 0 bridgehead atoms. The lowest BCUT2D eigenvalue weighted by atomic mass is 10.0. The second-order valence-corrected chi connectivity index (χ2v) is 7.55. The van der Waals surface area contributed by atoms with Gasteiger partial charge < -0.3 is 5.32 Å². The molecular weight excluding hydrogens is 386 g/mol. The summed E-state index contributed by atoms with van der Waals surface area (Å²) in [7, 11) is 0. The van der Waals surface area contributed by atoms with Crippen molar-refractivity contribution >= 4 is 43.2 Å². The fraction of sp³-hybridized carbons (Fsp3) is 0.333. The fourth-order valence-corrected chi connectivity index (χ4v) is 3.97. The third-order valence-electron chi connectivity index (χ3n) is 3.08. The SMILES string of the molecule is CCNC(c1ccc(Br)c(C)c1)c1cc(Br)c(C)s1. The van der Waals surface area contributed by atoms with Crippen LogP contribution in [0.3, 0.4) is 0 Å². The van der Waals surface area contributed by atoms with E-state index < -0.39 is 0 Å². The highest BCUT2D eigenvalue weighted by Crippen LogP contribution is 2.34. The molecule has 1 N–H and O–H groups in total. The van der Waals surface area contributed by atoms with Gasteiger partial charge in [-0.2, -0.15) is 0 Å². The van der Waals surface area contributed by atoms with Gasteiger partial charge in [-0.25, -0.2) is 0 Å². The van der Waals surface area contributed by atoms with Crippen LogP contribution in [-0.4, -0.2) is 6.54 Å². The maximum Gasteiger partial charge on any atom is 0.0671 e. The van der Waals surface area contributed by atoms with Crippen LogP contribution in [0.15, 0.2) is 33.2 Å². The molecular formula is C15H17Br2NS. The van der Waals surface area contributed by atoms with Crippen molar-refractivity contribution in [1.82, 2.24) is 5.32 Å². The number of thiophene rings is 1. The van der Waals surface area contributed by atoms with Crippen LogP contribution in [0.4, 0.5) is 0 Å². The van der Waals surface area contributed by atoms with Crippen molar-refractivity contribution in [2.24, 2.45) is 0 Å². The van der Waals surface area contributed by atoms with Crippen LogP contribution in [0.5, 0.6) is 0 Å². The highest BCUT2D eigenvalue weighted by Gasteiger charge is 2.17. The van der Waals surface area contributed by atoms with E-state index >= 15 is 0 Å². The Bertz CT molecular complexity index is 558. The average Bonchev–Trinajstić information content (AvgIpc) is 2.70. The molecule has 0 aliphatic heterocycles. The molecule has 2 rings (SSSR count). The molecule has 0 aliphatic rings. The predicted molar refractivity (Wildman–Crippen MR) is 91.2 cm³/mol. The zero-order chi connectivity index (χ0) is 14.0. The van der Waals surface area contributed by atoms with Gasteiger partial charge in [-0.15, -0.1) is 11.3 Å². The molecule has 0 saturated heterocycles. The first kappa shape index (κ1) is 15.2. The molecule has 0 radical (unpaired) electrons. The molecule has 102 valence electrons. The van der Waals surface area contributed by atoms with Gasteiger partial charge in [0, 0.05) is 18.7 Å². The van der Waals surface area contributed by atoms with Gasteiger partial charge in [0.15, 0.2) is 0 Å². The molecule has 0 saturated carbocycles. The van der Waals surface area contributed by atoms with Crippen LogP contribution in [0, 0.1) is 13.8 Å². The second kappa shape index (κ2) is 6.53. The van der Waals surface area contributed by atoms with Crippen molar-refractivity contribution in [1.29, 1.82) is 0 Å². The van der Waals surface area contributed by atoms with Crippen LogP contribution >= 0.6 is 43.2 Å². The first-order chi connectivity index (χ1) is 9.02. The van der Waals surface area contributed by atoms with E-state index in [9.17, 15) is 0 Å². The number of hydrogen-bond donors (Lipinski definition) is 1. The van der Waals surface area contributed by atoms with Crippen LogP contribution in [0.1, 0.15) is 33.8 Å². The van der Waals surface area contributed by atoms with Crippen molar-refractivity contribution in [2.45, 2.75) is 26.8 Å². The van der Waals surface area contributed by atoms with E-state index in [4.69, 9.17) is 0 Å². The van der Waals surface area contributed by atoms with Crippen molar-refractivity contribution in [3.05, 3.63) is 54.1 Å². The average molecular weight is 403 g/mol. The summed E-state index contributed by atoms with van der Waals surface area (Å²) in [5, 5.41) is 3.58. The minimum atomic E-state index is 0.270. The minimum Gasteiger partial charge on any atom is -0.306 e. The minimum absolute atomic E-state index is 0.270. The normalized spacial score (nSPS) is 12.7. The number of aryl methyl sites for hydroxylation is 2. The van der Waals surface area contributed by atoms with Gasteiger partial charge in [0.25, 0.3) is 0 Å². The van der Waals surface area contributed by atoms with Gasteiger partial charge >= 0.3 is 0 Å². The Balaban J connectivity index is 2.41. The van der Waals surface area contributed by atoms with Crippen LogP contribution < -0.4 is 5.32 Å². The molecule has 19 heavy (non-hydrogen) atoms. The number of benzene rings is 1. The van der Waals surface area contributed by atoms with Crippen LogP contribution in [0.25, 0.3) is 0 Å². The van der Waals surface area contributed by atoms with Gasteiger partial charge in [0.2, 0.25) is 0 Å². The van der Waals surface area contributed by atoms with Gasteiger partial charge in [-0.3, -0.25) is 0 Å². The molecule has 4 heteroatoms. The van der Waals surface area contributed by atoms with Crippen LogP contribution in [-0.2, 0) is 0 Å². The lowest BCUT2D eigenvalue weighted by molar-refractivity contribution is 0.639. The molecule has 0 fully saturated rings. The highest BCUT2D eigenvalue weighted by atomic mass is 79.9. The highest BCUT2D eigenvalue weighted by molar-refractivity contribution is 9.10. The van der Waals surface area contributed by atoms with Gasteiger partial charge in [0.05, 0.1) is 6.04 Å². The summed E-state index contributed by atoms with van der Waals surface area (Å²) in [6.45, 7) is 7.38. The van der Waals surface area contributed by atoms with Gasteiger partial charge in [-0.05, 0) is 59.6 Å². The van der Waals surface area contributed by atoms with E-state index in [1.165, 1.54) is 25.4 Å². The Labute approximate surface area is 135 Å². The molecule has 1 nitrogen and oxygen atoms in total. The summed E-state index contributed by atoms with van der Waals surface area (Å²) in [6.07, 6.45) is 0. The van der Waals surface area contributed by atoms with Crippen molar-refractivity contribution in [3.8, 4) is 0 Å². The maximum atomic E-state index is 3.61. The molecule has 1 unspecified atom stereocenters. The summed E-state index contributed by atoms with van der Waals surface area (Å²) in [4.78, 5) is 2.68. The van der Waals surface area contributed by atoms with E-state index in [1.54, 1.807) is 0 Å². The molecule has 0 spiro atoms. The topological polar surface area (TPSA) is 12.0 Å². The zero-order valence-corrected chi connectivity index (χ0v) is 15.2. The van der Waals surface area contributed by atoms with Gasteiger partial charge in [-0.1, -0.05) is 35.0 Å². The Morgan fingerprint density at radius 3 is 2.42 bits per heavy atom. The number of nitrogens with one attached hydrogen (secondary N) is 1. The molecule has 2 aromatic rings. The molecule has 1 aromatic carbocycles. The lowest BCUT2D eigenvalue weighted by Crippen LogP contribution is -2.21. The van der Waals surface area contributed by atoms with E-state index in [0.717, 1.165) is 11.0 Å². The maximum absolute atomic E-state index is 3.61. The first-order valence-corrected chi connectivity index (χ1v) is 8.68. The predicted octanol–water partition coefficient (Wildman–Crippen LogP) is 5.59. The summed E-state index contributed by atoms with van der Waals surface area (Å²) in [5.74, 6) is 0. The monoisotopic (exact) mass is 401 g/mol. The standard InChI is InChI=1S/C15H17Br2NS/c1-4-18-15(14-8-13(17)10(3)19-14)11-5-6-12(16)9(2)7-11/h5-8,15,18H,4H2,1-3H3. The third-order valence-corrected chi connectivity index (χ3v) is 6.18. The Morgan fingerprint density at radius 1 is 1.16 bits per heavy atom. The van der Waals surface area contributed by atoms with Crippen molar-refractivity contribution in [3.63, 3.8) is 0 Å². The van der Waals surface area contributed by atoms with E-state index in [-0.39, 0.29) is 6.04 Å². The van der Waals surface area contributed by atoms with Gasteiger partial charge in [0.1, 0.15) is 0 Å². The summed E-state index contributed by atoms with van der Waals surface area (Å²) < 4.78 is 2.36. The molecule has 0 aliphatic carbocycles. The Kier molecular flexibility index (Phi) is 5.23. The second-order valence-electron chi connectivity index (χ2n) is 4.55. The number of halogens is 2. The Morgan fingerprint density at radius 2 is 1.89 bits per heavy atom. The van der Waals surface area contributed by atoms with E-state index in [1.807, 2.05) is 11.3 Å². The largest absolute Gasteiger partial charge is 0.306 e. The quantitative estimate of drug-likeness (QED) is 0.702.